The Morgan fingerprint density at radius 3 is 2.52 bits per heavy atom. The summed E-state index contributed by atoms with van der Waals surface area (Å²) in [5, 5.41) is 4.00. The van der Waals surface area contributed by atoms with Gasteiger partial charge in [0.15, 0.2) is 0 Å². The summed E-state index contributed by atoms with van der Waals surface area (Å²) in [6.07, 6.45) is 0. The van der Waals surface area contributed by atoms with Gasteiger partial charge in [0.2, 0.25) is 0 Å². The minimum Gasteiger partial charge on any atom is -0.321 e. The molecule has 2 heterocycles. The van der Waals surface area contributed by atoms with Gasteiger partial charge in [-0.3, -0.25) is 4.79 Å². The predicted molar refractivity (Wildman–Crippen MR) is 95.5 cm³/mol. The lowest BCUT2D eigenvalue weighted by Crippen LogP contribution is -2.12. The van der Waals surface area contributed by atoms with Crippen LogP contribution in [-0.4, -0.2) is 15.9 Å². The van der Waals surface area contributed by atoms with E-state index in [4.69, 9.17) is 0 Å². The number of benzene rings is 1. The SMILES string of the molecule is Cc1ccc(NC(=O)c2sc3nc(C)nc(C)c3c2C)c(C)c1. The molecule has 2 aromatic heterocycles. The molecule has 3 aromatic rings. The Morgan fingerprint density at radius 1 is 1.09 bits per heavy atom. The maximum Gasteiger partial charge on any atom is 0.266 e. The molecule has 5 heteroatoms. The highest BCUT2D eigenvalue weighted by Gasteiger charge is 2.19. The first-order valence-corrected chi connectivity index (χ1v) is 8.31. The van der Waals surface area contributed by atoms with Crippen molar-refractivity contribution in [1.29, 1.82) is 0 Å². The Morgan fingerprint density at radius 2 is 1.83 bits per heavy atom. The molecule has 4 nitrogen and oxygen atoms in total. The Balaban J connectivity index is 2.01. The fraction of sp³-hybridized carbons (Fsp3) is 0.278. The van der Waals surface area contributed by atoms with Crippen LogP contribution in [0.25, 0.3) is 10.2 Å². The fourth-order valence-corrected chi connectivity index (χ4v) is 4.00. The topological polar surface area (TPSA) is 54.9 Å². The molecule has 0 aliphatic heterocycles. The van der Waals surface area contributed by atoms with Crippen LogP contribution in [0, 0.1) is 34.6 Å². The van der Waals surface area contributed by atoms with Crippen molar-refractivity contribution in [2.75, 3.05) is 5.32 Å². The lowest BCUT2D eigenvalue weighted by Gasteiger charge is -2.08. The van der Waals surface area contributed by atoms with E-state index in [-0.39, 0.29) is 5.91 Å². The first kappa shape index (κ1) is 15.6. The molecular weight excluding hydrogens is 306 g/mol. The van der Waals surface area contributed by atoms with Gasteiger partial charge in [-0.05, 0) is 51.8 Å². The summed E-state index contributed by atoms with van der Waals surface area (Å²) >= 11 is 1.43. The van der Waals surface area contributed by atoms with E-state index in [0.29, 0.717) is 4.88 Å². The predicted octanol–water partition coefficient (Wildman–Crippen LogP) is 4.49. The standard InChI is InChI=1S/C18H19N3OS/c1-9-6-7-14(10(2)8-9)21-17(22)16-11(3)15-12(4)19-13(5)20-18(15)23-16/h6-8H,1-5H3,(H,21,22). The van der Waals surface area contributed by atoms with Crippen molar-refractivity contribution >= 4 is 33.1 Å². The van der Waals surface area contributed by atoms with Crippen molar-refractivity contribution in [1.82, 2.24) is 9.97 Å². The molecule has 1 aromatic carbocycles. The second-order valence-corrected chi connectivity index (χ2v) is 6.86. The zero-order valence-corrected chi connectivity index (χ0v) is 14.8. The number of aromatic nitrogens is 2. The average molecular weight is 325 g/mol. The minimum atomic E-state index is -0.0884. The van der Waals surface area contributed by atoms with E-state index in [1.54, 1.807) is 0 Å². The van der Waals surface area contributed by atoms with Crippen LogP contribution in [0.5, 0.6) is 0 Å². The number of aryl methyl sites for hydroxylation is 5. The monoisotopic (exact) mass is 325 g/mol. The highest BCUT2D eigenvalue weighted by atomic mass is 32.1. The third-order valence-corrected chi connectivity index (χ3v) is 5.10. The average Bonchev–Trinajstić information content (AvgIpc) is 2.79. The molecule has 118 valence electrons. The Labute approximate surface area is 139 Å². The van der Waals surface area contributed by atoms with Gasteiger partial charge in [0.1, 0.15) is 10.7 Å². The van der Waals surface area contributed by atoms with Gasteiger partial charge in [0.25, 0.3) is 5.91 Å². The van der Waals surface area contributed by atoms with Crippen LogP contribution in [0.15, 0.2) is 18.2 Å². The second kappa shape index (κ2) is 5.74. The number of amides is 1. The summed E-state index contributed by atoms with van der Waals surface area (Å²) in [4.78, 5) is 23.1. The largest absolute Gasteiger partial charge is 0.321 e. The number of hydrogen-bond donors (Lipinski definition) is 1. The van der Waals surface area contributed by atoms with Gasteiger partial charge in [-0.1, -0.05) is 17.7 Å². The first-order valence-electron chi connectivity index (χ1n) is 7.49. The molecule has 0 aliphatic rings. The molecule has 0 aliphatic carbocycles. The van der Waals surface area contributed by atoms with Crippen molar-refractivity contribution in [3.8, 4) is 0 Å². The number of hydrogen-bond acceptors (Lipinski definition) is 4. The lowest BCUT2D eigenvalue weighted by atomic mass is 10.1. The maximum absolute atomic E-state index is 12.7. The third kappa shape index (κ3) is 2.84. The van der Waals surface area contributed by atoms with E-state index in [9.17, 15) is 4.79 Å². The Bertz CT molecular complexity index is 928. The zero-order valence-electron chi connectivity index (χ0n) is 13.9. The molecule has 1 amide bonds. The van der Waals surface area contributed by atoms with Gasteiger partial charge in [-0.15, -0.1) is 11.3 Å². The van der Waals surface area contributed by atoms with Gasteiger partial charge in [-0.2, -0.15) is 0 Å². The van der Waals surface area contributed by atoms with Crippen molar-refractivity contribution in [3.63, 3.8) is 0 Å². The summed E-state index contributed by atoms with van der Waals surface area (Å²) in [7, 11) is 0. The molecule has 3 rings (SSSR count). The number of nitrogens with zero attached hydrogens (tertiary/aromatic N) is 2. The first-order chi connectivity index (χ1) is 10.9. The van der Waals surface area contributed by atoms with Gasteiger partial charge < -0.3 is 5.32 Å². The summed E-state index contributed by atoms with van der Waals surface area (Å²) in [5.74, 6) is 0.645. The number of carbonyl (C=O) groups excluding carboxylic acids is 1. The molecule has 0 unspecified atom stereocenters. The summed E-state index contributed by atoms with van der Waals surface area (Å²) in [5.41, 5.74) is 4.96. The second-order valence-electron chi connectivity index (χ2n) is 5.87. The molecule has 0 fully saturated rings. The van der Waals surface area contributed by atoms with Crippen LogP contribution in [0.2, 0.25) is 0 Å². The smallest absolute Gasteiger partial charge is 0.266 e. The molecule has 0 saturated carbocycles. The molecule has 0 bridgehead atoms. The van der Waals surface area contributed by atoms with E-state index in [1.165, 1.54) is 16.9 Å². The molecular formula is C18H19N3OS. The van der Waals surface area contributed by atoms with Gasteiger partial charge in [0.05, 0.1) is 4.88 Å². The molecule has 0 atom stereocenters. The fourth-order valence-electron chi connectivity index (χ4n) is 2.82. The van der Waals surface area contributed by atoms with Crippen molar-refractivity contribution in [2.45, 2.75) is 34.6 Å². The highest BCUT2D eigenvalue weighted by Crippen LogP contribution is 2.32. The van der Waals surface area contributed by atoms with Crippen molar-refractivity contribution < 1.29 is 4.79 Å². The number of nitrogens with one attached hydrogen (secondary N) is 1. The lowest BCUT2D eigenvalue weighted by molar-refractivity contribution is 0.103. The van der Waals surface area contributed by atoms with Crippen LogP contribution >= 0.6 is 11.3 Å². The van der Waals surface area contributed by atoms with Crippen LogP contribution in [0.1, 0.15) is 37.9 Å². The normalized spacial score (nSPS) is 11.0. The van der Waals surface area contributed by atoms with Crippen LogP contribution in [-0.2, 0) is 0 Å². The number of rotatable bonds is 2. The van der Waals surface area contributed by atoms with E-state index in [2.05, 4.69) is 21.4 Å². The van der Waals surface area contributed by atoms with Crippen LogP contribution in [0.3, 0.4) is 0 Å². The molecule has 0 saturated heterocycles. The molecule has 0 radical (unpaired) electrons. The highest BCUT2D eigenvalue weighted by molar-refractivity contribution is 7.20. The van der Waals surface area contributed by atoms with Gasteiger partial charge in [-0.25, -0.2) is 9.97 Å². The summed E-state index contributed by atoms with van der Waals surface area (Å²) < 4.78 is 0. The Hall–Kier alpha value is -2.27. The van der Waals surface area contributed by atoms with Gasteiger partial charge in [0, 0.05) is 16.8 Å². The molecule has 1 N–H and O–H groups in total. The zero-order chi connectivity index (χ0) is 16.7. The maximum atomic E-state index is 12.7. The number of carbonyl (C=O) groups is 1. The van der Waals surface area contributed by atoms with Gasteiger partial charge >= 0.3 is 0 Å². The van der Waals surface area contributed by atoms with Crippen LogP contribution in [0.4, 0.5) is 5.69 Å². The van der Waals surface area contributed by atoms with Crippen molar-refractivity contribution in [2.24, 2.45) is 0 Å². The number of thiophene rings is 1. The minimum absolute atomic E-state index is 0.0884. The third-order valence-electron chi connectivity index (χ3n) is 3.92. The van der Waals surface area contributed by atoms with E-state index >= 15 is 0 Å². The molecule has 23 heavy (non-hydrogen) atoms. The van der Waals surface area contributed by atoms with E-state index < -0.39 is 0 Å². The van der Waals surface area contributed by atoms with E-state index in [1.807, 2.05) is 46.8 Å². The van der Waals surface area contributed by atoms with Crippen LogP contribution < -0.4 is 5.32 Å². The molecule has 0 spiro atoms. The number of fused-ring (bicyclic) bond motifs is 1. The number of anilines is 1. The quantitative estimate of drug-likeness (QED) is 0.755. The van der Waals surface area contributed by atoms with Crippen molar-refractivity contribution in [3.05, 3.63) is 51.3 Å². The summed E-state index contributed by atoms with van der Waals surface area (Å²) in [6.45, 7) is 9.83. The Kier molecular flexibility index (Phi) is 3.90. The summed E-state index contributed by atoms with van der Waals surface area (Å²) in [6, 6.07) is 6.01. The van der Waals surface area contributed by atoms with E-state index in [0.717, 1.165) is 38.5 Å².